The van der Waals surface area contributed by atoms with E-state index in [1.165, 1.54) is 0 Å². The molecule has 5 heteroatoms. The van der Waals surface area contributed by atoms with Gasteiger partial charge in [0, 0.05) is 12.6 Å². The topological polar surface area (TPSA) is 55.0 Å². The van der Waals surface area contributed by atoms with Gasteiger partial charge in [0.05, 0.1) is 36.9 Å². The van der Waals surface area contributed by atoms with Crippen LogP contribution >= 0.6 is 0 Å². The van der Waals surface area contributed by atoms with E-state index in [4.69, 9.17) is 9.15 Å². The largest absolute Gasteiger partial charge is 0.497 e. The Balaban J connectivity index is 2.13. The van der Waals surface area contributed by atoms with Crippen molar-refractivity contribution in [2.75, 3.05) is 18.6 Å². The molecule has 1 aromatic carbocycles. The number of hydrogen-bond donors (Lipinski definition) is 0. The van der Waals surface area contributed by atoms with E-state index in [1.54, 1.807) is 36.5 Å². The van der Waals surface area contributed by atoms with Crippen LogP contribution < -0.4 is 9.64 Å². The average Bonchev–Trinajstić information content (AvgIpc) is 3.02. The minimum Gasteiger partial charge on any atom is -0.497 e. The highest BCUT2D eigenvalue weighted by Gasteiger charge is 2.25. The molecular formula is C17H16N2O3. The lowest BCUT2D eigenvalue weighted by Gasteiger charge is -2.21. The fraction of sp³-hybridized carbons (Fsp3) is 0.176. The first-order valence-electron chi connectivity index (χ1n) is 6.93. The molecular weight excluding hydrogens is 280 g/mol. The maximum absolute atomic E-state index is 12.6. The summed E-state index contributed by atoms with van der Waals surface area (Å²) in [6.07, 6.45) is 3.45. The van der Waals surface area contributed by atoms with Crippen LogP contribution in [0.1, 0.15) is 12.2 Å². The van der Waals surface area contributed by atoms with Crippen LogP contribution in [-0.4, -0.2) is 25.3 Å². The first kappa shape index (κ1) is 14.1. The number of anilines is 1. The average molecular weight is 296 g/mol. The van der Waals surface area contributed by atoms with Crippen molar-refractivity contribution >= 4 is 23.0 Å². The molecule has 0 unspecified atom stereocenters. The number of benzene rings is 1. The van der Waals surface area contributed by atoms with Gasteiger partial charge in [0.25, 0.3) is 0 Å². The maximum Gasteiger partial charge on any atom is 0.233 e. The van der Waals surface area contributed by atoms with Crippen LogP contribution in [0, 0.1) is 0 Å². The highest BCUT2D eigenvalue weighted by molar-refractivity contribution is 6.16. The highest BCUT2D eigenvalue weighted by atomic mass is 16.5. The Morgan fingerprint density at radius 3 is 3.00 bits per heavy atom. The number of aliphatic imine (C=N–C) groups is 1. The number of rotatable bonds is 4. The van der Waals surface area contributed by atoms with E-state index in [0.29, 0.717) is 35.1 Å². The molecule has 0 N–H and O–H groups in total. The lowest BCUT2D eigenvalue weighted by Crippen LogP contribution is -2.31. The van der Waals surface area contributed by atoms with E-state index in [9.17, 15) is 4.79 Å². The third kappa shape index (κ3) is 2.53. The fourth-order valence-electron chi connectivity index (χ4n) is 2.41. The molecule has 0 spiro atoms. The fourth-order valence-corrected chi connectivity index (χ4v) is 2.41. The van der Waals surface area contributed by atoms with E-state index >= 15 is 0 Å². The molecule has 1 aliphatic heterocycles. The molecule has 22 heavy (non-hydrogen) atoms. The van der Waals surface area contributed by atoms with Crippen molar-refractivity contribution in [3.8, 4) is 5.75 Å². The number of fused-ring (bicyclic) bond motifs is 1. The van der Waals surface area contributed by atoms with Crippen molar-refractivity contribution in [1.29, 1.82) is 0 Å². The van der Waals surface area contributed by atoms with Gasteiger partial charge in [0.15, 0.2) is 0 Å². The molecule has 3 rings (SSSR count). The SMILES string of the molecule is C=CCN1C(=O)CC(c2ccco2)=Nc2ccc(OC)cc21. The Labute approximate surface area is 128 Å². The molecule has 1 aliphatic rings. The zero-order valence-corrected chi connectivity index (χ0v) is 12.3. The van der Waals surface area contributed by atoms with E-state index in [-0.39, 0.29) is 12.3 Å². The number of hydrogen-bond acceptors (Lipinski definition) is 4. The Kier molecular flexibility index (Phi) is 3.78. The van der Waals surface area contributed by atoms with Crippen LogP contribution in [-0.2, 0) is 4.79 Å². The molecule has 0 atom stereocenters. The minimum atomic E-state index is -0.0537. The summed E-state index contributed by atoms with van der Waals surface area (Å²) in [6, 6.07) is 9.06. The number of methoxy groups -OCH3 is 1. The zero-order chi connectivity index (χ0) is 15.5. The lowest BCUT2D eigenvalue weighted by atomic mass is 10.2. The lowest BCUT2D eigenvalue weighted by molar-refractivity contribution is -0.117. The molecule has 0 saturated carbocycles. The van der Waals surface area contributed by atoms with Gasteiger partial charge in [-0.2, -0.15) is 0 Å². The first-order chi connectivity index (χ1) is 10.7. The number of carbonyl (C=O) groups excluding carboxylic acids is 1. The quantitative estimate of drug-likeness (QED) is 0.813. The van der Waals surface area contributed by atoms with Gasteiger partial charge in [-0.3, -0.25) is 4.79 Å². The van der Waals surface area contributed by atoms with Gasteiger partial charge < -0.3 is 14.1 Å². The van der Waals surface area contributed by atoms with Crippen molar-refractivity contribution < 1.29 is 13.9 Å². The summed E-state index contributed by atoms with van der Waals surface area (Å²) >= 11 is 0. The van der Waals surface area contributed by atoms with Gasteiger partial charge in [-0.05, 0) is 24.3 Å². The standard InChI is InChI=1S/C17H16N2O3/c1-3-8-19-15-10-12(21-2)6-7-13(15)18-14(11-17(19)20)16-5-4-9-22-16/h3-7,9-10H,1,8,11H2,2H3. The summed E-state index contributed by atoms with van der Waals surface area (Å²) < 4.78 is 10.6. The summed E-state index contributed by atoms with van der Waals surface area (Å²) in [6.45, 7) is 4.14. The third-order valence-corrected chi connectivity index (χ3v) is 3.47. The van der Waals surface area contributed by atoms with Crippen LogP contribution in [0.2, 0.25) is 0 Å². The number of carbonyl (C=O) groups is 1. The predicted molar refractivity (Wildman–Crippen MR) is 85.1 cm³/mol. The molecule has 1 amide bonds. The summed E-state index contributed by atoms with van der Waals surface area (Å²) in [5.74, 6) is 1.23. The summed E-state index contributed by atoms with van der Waals surface area (Å²) in [5, 5.41) is 0. The summed E-state index contributed by atoms with van der Waals surface area (Å²) in [5.41, 5.74) is 2.04. The van der Waals surface area contributed by atoms with Crippen LogP contribution in [0.15, 0.2) is 58.7 Å². The van der Waals surface area contributed by atoms with Crippen LogP contribution in [0.3, 0.4) is 0 Å². The Morgan fingerprint density at radius 1 is 1.45 bits per heavy atom. The normalized spacial score (nSPS) is 14.1. The summed E-state index contributed by atoms with van der Waals surface area (Å²) in [7, 11) is 1.59. The second-order valence-electron chi connectivity index (χ2n) is 4.86. The maximum atomic E-state index is 12.6. The second kappa shape index (κ2) is 5.89. The van der Waals surface area contributed by atoms with Crippen molar-refractivity contribution in [3.63, 3.8) is 0 Å². The van der Waals surface area contributed by atoms with Gasteiger partial charge >= 0.3 is 0 Å². The Morgan fingerprint density at radius 2 is 2.32 bits per heavy atom. The third-order valence-electron chi connectivity index (χ3n) is 3.47. The van der Waals surface area contributed by atoms with E-state index in [1.807, 2.05) is 18.2 Å². The molecule has 112 valence electrons. The molecule has 2 aromatic rings. The first-order valence-corrected chi connectivity index (χ1v) is 6.93. The Bertz CT molecular complexity index is 732. The van der Waals surface area contributed by atoms with Crippen LogP contribution in [0.5, 0.6) is 5.75 Å². The van der Waals surface area contributed by atoms with Crippen LogP contribution in [0.4, 0.5) is 11.4 Å². The molecule has 0 aliphatic carbocycles. The van der Waals surface area contributed by atoms with E-state index in [2.05, 4.69) is 11.6 Å². The van der Waals surface area contributed by atoms with Crippen molar-refractivity contribution in [3.05, 3.63) is 55.0 Å². The van der Waals surface area contributed by atoms with Gasteiger partial charge in [-0.25, -0.2) is 4.99 Å². The van der Waals surface area contributed by atoms with Gasteiger partial charge in [0.2, 0.25) is 5.91 Å². The molecule has 0 fully saturated rings. The van der Waals surface area contributed by atoms with E-state index < -0.39 is 0 Å². The second-order valence-corrected chi connectivity index (χ2v) is 4.86. The molecule has 5 nitrogen and oxygen atoms in total. The monoisotopic (exact) mass is 296 g/mol. The smallest absolute Gasteiger partial charge is 0.233 e. The van der Waals surface area contributed by atoms with Gasteiger partial charge in [0.1, 0.15) is 11.5 Å². The van der Waals surface area contributed by atoms with Crippen molar-refractivity contribution in [1.82, 2.24) is 0 Å². The zero-order valence-electron chi connectivity index (χ0n) is 12.3. The predicted octanol–water partition coefficient (Wildman–Crippen LogP) is 3.33. The number of ether oxygens (including phenoxy) is 1. The van der Waals surface area contributed by atoms with Crippen molar-refractivity contribution in [2.24, 2.45) is 4.99 Å². The van der Waals surface area contributed by atoms with Crippen molar-refractivity contribution in [2.45, 2.75) is 6.42 Å². The molecule has 0 radical (unpaired) electrons. The van der Waals surface area contributed by atoms with E-state index in [0.717, 1.165) is 0 Å². The number of amides is 1. The highest BCUT2D eigenvalue weighted by Crippen LogP contribution is 2.36. The van der Waals surface area contributed by atoms with Gasteiger partial charge in [-0.15, -0.1) is 6.58 Å². The molecule has 0 saturated heterocycles. The van der Waals surface area contributed by atoms with Gasteiger partial charge in [-0.1, -0.05) is 6.08 Å². The molecule has 1 aromatic heterocycles. The summed E-state index contributed by atoms with van der Waals surface area (Å²) in [4.78, 5) is 18.9. The minimum absolute atomic E-state index is 0.0537. The van der Waals surface area contributed by atoms with Crippen LogP contribution in [0.25, 0.3) is 0 Å². The molecule has 2 heterocycles. The molecule has 0 bridgehead atoms. The number of furan rings is 1. The Hall–Kier alpha value is -2.82. The number of nitrogens with zero attached hydrogens (tertiary/aromatic N) is 2.